The molecule has 0 aromatic carbocycles. The molecule has 0 fully saturated rings. The van der Waals surface area contributed by atoms with Gasteiger partial charge in [-0.1, -0.05) is 76.9 Å². The summed E-state index contributed by atoms with van der Waals surface area (Å²) < 4.78 is 15.3. The van der Waals surface area contributed by atoms with Crippen molar-refractivity contribution in [3.05, 3.63) is 11.6 Å². The molecule has 0 spiro atoms. The van der Waals surface area contributed by atoms with Crippen molar-refractivity contribution >= 4 is 7.82 Å². The lowest BCUT2D eigenvalue weighted by Gasteiger charge is -2.09. The first-order valence-electron chi connectivity index (χ1n) is 8.87. The molecule has 0 bridgehead atoms. The van der Waals surface area contributed by atoms with Crippen molar-refractivity contribution < 1.29 is 18.9 Å². The van der Waals surface area contributed by atoms with Crippen LogP contribution in [-0.4, -0.2) is 16.4 Å². The highest BCUT2D eigenvalue weighted by molar-refractivity contribution is 7.46. The van der Waals surface area contributed by atoms with Gasteiger partial charge in [-0.05, 0) is 25.7 Å². The molecule has 0 saturated carbocycles. The highest BCUT2D eigenvalue weighted by Crippen LogP contribution is 2.35. The number of hydrogen-bond acceptors (Lipinski definition) is 2. The van der Waals surface area contributed by atoms with E-state index >= 15 is 0 Å². The van der Waals surface area contributed by atoms with Crippen LogP contribution in [-0.2, 0) is 9.09 Å². The van der Waals surface area contributed by atoms with Gasteiger partial charge in [0.05, 0.1) is 6.61 Å². The summed E-state index contributed by atoms with van der Waals surface area (Å²) >= 11 is 0. The van der Waals surface area contributed by atoms with E-state index in [9.17, 15) is 4.57 Å². The van der Waals surface area contributed by atoms with Crippen molar-refractivity contribution in [3.63, 3.8) is 0 Å². The Morgan fingerprint density at radius 3 is 1.73 bits per heavy atom. The summed E-state index contributed by atoms with van der Waals surface area (Å²) in [5.41, 5.74) is 1.29. The molecular weight excluding hydrogens is 299 g/mol. The Hall–Kier alpha value is -0.150. The predicted octanol–water partition coefficient (Wildman–Crippen LogP) is 5.74. The standard InChI is InChI=1S/C17H35O4P/c1-3-5-7-9-11-13-17(14-12-10-8-6-4-2)15-16-21-22(18,19)20/h15H,3-14,16H2,1-2H3,(H2,18,19,20). The maximum atomic E-state index is 10.7. The van der Waals surface area contributed by atoms with E-state index in [1.165, 1.54) is 56.9 Å². The van der Waals surface area contributed by atoms with E-state index in [0.717, 1.165) is 25.7 Å². The smallest absolute Gasteiger partial charge is 0.303 e. The van der Waals surface area contributed by atoms with Crippen molar-refractivity contribution in [1.29, 1.82) is 0 Å². The molecule has 0 atom stereocenters. The first-order chi connectivity index (χ1) is 10.5. The number of hydrogen-bond donors (Lipinski definition) is 2. The summed E-state index contributed by atoms with van der Waals surface area (Å²) in [7, 11) is -4.35. The van der Waals surface area contributed by atoms with Gasteiger partial charge in [0, 0.05) is 0 Å². The van der Waals surface area contributed by atoms with Crippen LogP contribution in [0.4, 0.5) is 0 Å². The van der Waals surface area contributed by atoms with E-state index in [1.54, 1.807) is 0 Å². The molecule has 0 unspecified atom stereocenters. The molecule has 0 aliphatic carbocycles. The van der Waals surface area contributed by atoms with Gasteiger partial charge in [-0.3, -0.25) is 4.52 Å². The Labute approximate surface area is 136 Å². The topological polar surface area (TPSA) is 66.8 Å². The molecule has 132 valence electrons. The van der Waals surface area contributed by atoms with Gasteiger partial charge in [-0.2, -0.15) is 0 Å². The largest absolute Gasteiger partial charge is 0.469 e. The van der Waals surface area contributed by atoms with Gasteiger partial charge in [0.2, 0.25) is 0 Å². The Balaban J connectivity index is 4.06. The van der Waals surface area contributed by atoms with Gasteiger partial charge >= 0.3 is 7.82 Å². The van der Waals surface area contributed by atoms with Gasteiger partial charge in [0.25, 0.3) is 0 Å². The number of allylic oxidation sites excluding steroid dienone is 1. The Morgan fingerprint density at radius 1 is 0.864 bits per heavy atom. The van der Waals surface area contributed by atoms with Crippen molar-refractivity contribution in [2.45, 2.75) is 90.9 Å². The van der Waals surface area contributed by atoms with E-state index in [4.69, 9.17) is 9.79 Å². The summed E-state index contributed by atoms with van der Waals surface area (Å²) in [4.78, 5) is 17.5. The van der Waals surface area contributed by atoms with Gasteiger partial charge < -0.3 is 9.79 Å². The van der Waals surface area contributed by atoms with Crippen LogP contribution < -0.4 is 0 Å². The molecule has 0 heterocycles. The van der Waals surface area contributed by atoms with E-state index in [1.807, 2.05) is 6.08 Å². The van der Waals surface area contributed by atoms with Gasteiger partial charge in [-0.15, -0.1) is 0 Å². The second-order valence-corrected chi connectivity index (χ2v) is 7.22. The Kier molecular flexibility index (Phi) is 14.3. The van der Waals surface area contributed by atoms with Crippen LogP contribution in [0.25, 0.3) is 0 Å². The zero-order chi connectivity index (χ0) is 16.7. The number of phosphoric acid groups is 1. The number of unbranched alkanes of at least 4 members (excludes halogenated alkanes) is 8. The minimum atomic E-state index is -4.35. The molecule has 5 heteroatoms. The van der Waals surface area contributed by atoms with Crippen molar-refractivity contribution in [2.24, 2.45) is 0 Å². The molecular formula is C17H35O4P. The Morgan fingerprint density at radius 2 is 1.32 bits per heavy atom. The third-order valence-corrected chi connectivity index (χ3v) is 4.30. The second-order valence-electron chi connectivity index (χ2n) is 5.98. The average molecular weight is 334 g/mol. The van der Waals surface area contributed by atoms with Gasteiger partial charge in [0.15, 0.2) is 0 Å². The van der Waals surface area contributed by atoms with E-state index < -0.39 is 7.82 Å². The number of rotatable bonds is 15. The minimum Gasteiger partial charge on any atom is -0.303 e. The summed E-state index contributed by atoms with van der Waals surface area (Å²) in [6.07, 6.45) is 16.4. The fourth-order valence-electron chi connectivity index (χ4n) is 2.49. The monoisotopic (exact) mass is 334 g/mol. The van der Waals surface area contributed by atoms with Crippen LogP contribution in [0.2, 0.25) is 0 Å². The first kappa shape index (κ1) is 21.9. The summed E-state index contributed by atoms with van der Waals surface area (Å²) in [5, 5.41) is 0. The summed E-state index contributed by atoms with van der Waals surface area (Å²) in [6, 6.07) is 0. The SMILES string of the molecule is CCCCCCCC(=CCOP(=O)(O)O)CCCCCCC. The van der Waals surface area contributed by atoms with Crippen LogP contribution in [0.15, 0.2) is 11.6 Å². The quantitative estimate of drug-likeness (QED) is 0.227. The lowest BCUT2D eigenvalue weighted by atomic mass is 9.99. The lowest BCUT2D eigenvalue weighted by Crippen LogP contribution is -1.93. The normalized spacial score (nSPS) is 11.6. The third-order valence-electron chi connectivity index (χ3n) is 3.82. The zero-order valence-corrected chi connectivity index (χ0v) is 15.3. The molecule has 4 nitrogen and oxygen atoms in total. The molecule has 0 aromatic heterocycles. The van der Waals surface area contributed by atoms with Gasteiger partial charge in [0.1, 0.15) is 0 Å². The Bertz CT molecular complexity index is 307. The van der Waals surface area contributed by atoms with E-state index in [2.05, 4.69) is 18.4 Å². The predicted molar refractivity (Wildman–Crippen MR) is 92.8 cm³/mol. The van der Waals surface area contributed by atoms with E-state index in [0.29, 0.717) is 0 Å². The van der Waals surface area contributed by atoms with Gasteiger partial charge in [-0.25, -0.2) is 4.57 Å². The lowest BCUT2D eigenvalue weighted by molar-refractivity contribution is 0.215. The molecule has 2 N–H and O–H groups in total. The van der Waals surface area contributed by atoms with Crippen molar-refractivity contribution in [2.75, 3.05) is 6.61 Å². The van der Waals surface area contributed by atoms with Crippen molar-refractivity contribution in [1.82, 2.24) is 0 Å². The van der Waals surface area contributed by atoms with Crippen LogP contribution in [0.1, 0.15) is 90.9 Å². The molecule has 0 rings (SSSR count). The fraction of sp³-hybridized carbons (Fsp3) is 0.882. The van der Waals surface area contributed by atoms with Crippen LogP contribution in [0.5, 0.6) is 0 Å². The minimum absolute atomic E-state index is 0.0174. The molecule has 22 heavy (non-hydrogen) atoms. The summed E-state index contributed by atoms with van der Waals surface area (Å²) in [6.45, 7) is 4.44. The molecule has 0 aromatic rings. The molecule has 0 aliphatic heterocycles. The average Bonchev–Trinajstić information content (AvgIpc) is 2.44. The highest BCUT2D eigenvalue weighted by Gasteiger charge is 2.12. The molecule has 0 saturated heterocycles. The first-order valence-corrected chi connectivity index (χ1v) is 10.4. The van der Waals surface area contributed by atoms with Crippen molar-refractivity contribution in [3.8, 4) is 0 Å². The molecule has 0 amide bonds. The fourth-order valence-corrected chi connectivity index (χ4v) is 2.76. The van der Waals surface area contributed by atoms with Crippen LogP contribution >= 0.6 is 7.82 Å². The summed E-state index contributed by atoms with van der Waals surface area (Å²) in [5.74, 6) is 0. The molecule has 0 aliphatic rings. The zero-order valence-electron chi connectivity index (χ0n) is 14.4. The maximum absolute atomic E-state index is 10.7. The molecule has 0 radical (unpaired) electrons. The second kappa shape index (κ2) is 14.4. The van der Waals surface area contributed by atoms with Crippen LogP contribution in [0.3, 0.4) is 0 Å². The number of phosphoric ester groups is 1. The third kappa shape index (κ3) is 16.2. The maximum Gasteiger partial charge on any atom is 0.469 e. The highest BCUT2D eigenvalue weighted by atomic mass is 31.2. The van der Waals surface area contributed by atoms with E-state index in [-0.39, 0.29) is 6.61 Å². The van der Waals surface area contributed by atoms with Crippen LogP contribution in [0, 0.1) is 0 Å².